The molecule has 1 fully saturated rings. The molecule has 0 unspecified atom stereocenters. The van der Waals surface area contributed by atoms with Crippen molar-refractivity contribution in [2.45, 2.75) is 25.8 Å². The van der Waals surface area contributed by atoms with Crippen LogP contribution in [0, 0.1) is 6.92 Å². The first-order chi connectivity index (χ1) is 13.1. The number of carbonyl (C=O) groups excluding carboxylic acids is 1. The number of piperidine rings is 1. The Hall–Kier alpha value is -2.32. The first-order valence-electron chi connectivity index (χ1n) is 9.25. The Morgan fingerprint density at radius 1 is 1.25 bits per heavy atom. The van der Waals surface area contributed by atoms with Crippen molar-refractivity contribution >= 4 is 18.3 Å². The normalized spacial score (nSPS) is 14.2. The van der Waals surface area contributed by atoms with E-state index < -0.39 is 0 Å². The summed E-state index contributed by atoms with van der Waals surface area (Å²) in [5, 5.41) is 11.7. The van der Waals surface area contributed by atoms with E-state index in [1.807, 2.05) is 35.9 Å². The highest BCUT2D eigenvalue weighted by Crippen LogP contribution is 2.21. The average molecular weight is 410 g/mol. The van der Waals surface area contributed by atoms with Crippen LogP contribution < -0.4 is 14.8 Å². The van der Waals surface area contributed by atoms with Crippen LogP contribution in [0.2, 0.25) is 0 Å². The number of ether oxygens (including phenoxy) is 2. The van der Waals surface area contributed by atoms with Gasteiger partial charge in [0, 0.05) is 7.05 Å². The molecule has 3 rings (SSSR count). The van der Waals surface area contributed by atoms with E-state index in [1.54, 1.807) is 19.1 Å². The third-order valence-corrected chi connectivity index (χ3v) is 4.89. The van der Waals surface area contributed by atoms with Crippen molar-refractivity contribution < 1.29 is 14.3 Å². The summed E-state index contributed by atoms with van der Waals surface area (Å²) in [6.45, 7) is 4.71. The van der Waals surface area contributed by atoms with Gasteiger partial charge < -0.3 is 19.7 Å². The Morgan fingerprint density at radius 3 is 2.54 bits per heavy atom. The SMILES string of the molecule is COc1ccc(OCCN(C)C(=O)c2nnn(C3CCNCC3)c2C)cc1.Cl. The van der Waals surface area contributed by atoms with Crippen molar-refractivity contribution in [1.82, 2.24) is 25.2 Å². The van der Waals surface area contributed by atoms with Gasteiger partial charge in [0.15, 0.2) is 5.69 Å². The summed E-state index contributed by atoms with van der Waals surface area (Å²) in [5.41, 5.74) is 1.25. The number of likely N-dealkylation sites (N-methyl/N-ethyl adjacent to an activating group) is 1. The fourth-order valence-corrected chi connectivity index (χ4v) is 3.19. The minimum Gasteiger partial charge on any atom is -0.497 e. The summed E-state index contributed by atoms with van der Waals surface area (Å²) in [6.07, 6.45) is 2.01. The second-order valence-corrected chi connectivity index (χ2v) is 6.70. The maximum absolute atomic E-state index is 12.7. The highest BCUT2D eigenvalue weighted by molar-refractivity contribution is 5.93. The molecule has 1 aliphatic rings. The lowest BCUT2D eigenvalue weighted by atomic mass is 10.1. The Kier molecular flexibility index (Phi) is 8.07. The molecule has 0 atom stereocenters. The second-order valence-electron chi connectivity index (χ2n) is 6.70. The summed E-state index contributed by atoms with van der Waals surface area (Å²) < 4.78 is 12.7. The molecule has 0 bridgehead atoms. The second kappa shape index (κ2) is 10.3. The number of hydrogen-bond acceptors (Lipinski definition) is 6. The van der Waals surface area contributed by atoms with Crippen LogP contribution >= 0.6 is 12.4 Å². The largest absolute Gasteiger partial charge is 0.497 e. The van der Waals surface area contributed by atoms with E-state index in [1.165, 1.54) is 0 Å². The topological polar surface area (TPSA) is 81.5 Å². The van der Waals surface area contributed by atoms with Crippen LogP contribution in [0.1, 0.15) is 35.1 Å². The molecule has 0 aliphatic carbocycles. The zero-order valence-corrected chi connectivity index (χ0v) is 17.4. The molecule has 1 aliphatic heterocycles. The average Bonchev–Trinajstić information content (AvgIpc) is 3.09. The Bertz CT molecular complexity index is 759. The summed E-state index contributed by atoms with van der Waals surface area (Å²) in [4.78, 5) is 14.3. The van der Waals surface area contributed by atoms with Gasteiger partial charge in [-0.25, -0.2) is 4.68 Å². The standard InChI is InChI=1S/C19H27N5O3.ClH/c1-14-18(21-22-24(14)15-8-10-20-11-9-15)19(25)23(2)12-13-27-17-6-4-16(26-3)5-7-17;/h4-7,15,20H,8-13H2,1-3H3;1H. The minimum atomic E-state index is -0.133. The van der Waals surface area contributed by atoms with Crippen LogP contribution in [-0.4, -0.2) is 66.2 Å². The number of benzene rings is 1. The molecule has 28 heavy (non-hydrogen) atoms. The zero-order valence-electron chi connectivity index (χ0n) is 16.6. The molecule has 8 nitrogen and oxygen atoms in total. The zero-order chi connectivity index (χ0) is 19.2. The third-order valence-electron chi connectivity index (χ3n) is 4.89. The first kappa shape index (κ1) is 22.0. The lowest BCUT2D eigenvalue weighted by Crippen LogP contribution is -2.32. The summed E-state index contributed by atoms with van der Waals surface area (Å²) >= 11 is 0. The highest BCUT2D eigenvalue weighted by Gasteiger charge is 2.24. The molecule has 2 heterocycles. The summed E-state index contributed by atoms with van der Waals surface area (Å²) in [7, 11) is 3.38. The lowest BCUT2D eigenvalue weighted by Gasteiger charge is -2.23. The van der Waals surface area contributed by atoms with Crippen LogP contribution in [0.25, 0.3) is 0 Å². The molecular weight excluding hydrogens is 382 g/mol. The number of methoxy groups -OCH3 is 1. The monoisotopic (exact) mass is 409 g/mol. The number of nitrogens with one attached hydrogen (secondary N) is 1. The van der Waals surface area contributed by atoms with Gasteiger partial charge in [-0.15, -0.1) is 17.5 Å². The van der Waals surface area contributed by atoms with Gasteiger partial charge in [0.25, 0.3) is 5.91 Å². The molecule has 0 spiro atoms. The Morgan fingerprint density at radius 2 is 1.89 bits per heavy atom. The lowest BCUT2D eigenvalue weighted by molar-refractivity contribution is 0.0767. The molecule has 1 aromatic carbocycles. The minimum absolute atomic E-state index is 0. The molecule has 2 aromatic rings. The van der Waals surface area contributed by atoms with Crippen molar-refractivity contribution in [1.29, 1.82) is 0 Å². The van der Waals surface area contributed by atoms with Crippen molar-refractivity contribution in [3.8, 4) is 11.5 Å². The van der Waals surface area contributed by atoms with Crippen LogP contribution in [0.5, 0.6) is 11.5 Å². The van der Waals surface area contributed by atoms with Gasteiger partial charge in [0.2, 0.25) is 0 Å². The molecular formula is C19H28ClN5O3. The Labute approximate surface area is 171 Å². The van der Waals surface area contributed by atoms with E-state index in [2.05, 4.69) is 15.6 Å². The van der Waals surface area contributed by atoms with Gasteiger partial charge >= 0.3 is 0 Å². The van der Waals surface area contributed by atoms with Crippen molar-refractivity contribution in [3.63, 3.8) is 0 Å². The predicted molar refractivity (Wildman–Crippen MR) is 109 cm³/mol. The van der Waals surface area contributed by atoms with Crippen LogP contribution in [0.15, 0.2) is 24.3 Å². The molecule has 1 saturated heterocycles. The number of amides is 1. The Balaban J connectivity index is 0.00000280. The molecule has 0 saturated carbocycles. The molecule has 154 valence electrons. The van der Waals surface area contributed by atoms with Crippen LogP contribution in [0.4, 0.5) is 0 Å². The number of rotatable bonds is 7. The quantitative estimate of drug-likeness (QED) is 0.754. The van der Waals surface area contributed by atoms with E-state index in [-0.39, 0.29) is 18.3 Å². The smallest absolute Gasteiger partial charge is 0.276 e. The maximum atomic E-state index is 12.7. The van der Waals surface area contributed by atoms with E-state index >= 15 is 0 Å². The van der Waals surface area contributed by atoms with Gasteiger partial charge in [-0.1, -0.05) is 5.21 Å². The van der Waals surface area contributed by atoms with Crippen molar-refractivity contribution in [3.05, 3.63) is 35.7 Å². The summed E-state index contributed by atoms with van der Waals surface area (Å²) in [5.74, 6) is 1.39. The molecule has 9 heteroatoms. The third kappa shape index (κ3) is 5.14. The fraction of sp³-hybridized carbons (Fsp3) is 0.526. The maximum Gasteiger partial charge on any atom is 0.276 e. The number of nitrogens with zero attached hydrogens (tertiary/aromatic N) is 4. The van der Waals surface area contributed by atoms with Crippen LogP contribution in [0.3, 0.4) is 0 Å². The molecule has 0 radical (unpaired) electrons. The fourth-order valence-electron chi connectivity index (χ4n) is 3.19. The van der Waals surface area contributed by atoms with Crippen LogP contribution in [-0.2, 0) is 0 Å². The van der Waals surface area contributed by atoms with E-state index in [0.717, 1.165) is 43.1 Å². The van der Waals surface area contributed by atoms with Gasteiger partial charge in [-0.3, -0.25) is 4.79 Å². The molecule has 1 amide bonds. The number of aromatic nitrogens is 3. The van der Waals surface area contributed by atoms with E-state index in [9.17, 15) is 4.79 Å². The number of carbonyl (C=O) groups is 1. The van der Waals surface area contributed by atoms with Gasteiger partial charge in [0.1, 0.15) is 18.1 Å². The predicted octanol–water partition coefficient (Wildman–Crippen LogP) is 2.09. The number of hydrogen-bond donors (Lipinski definition) is 1. The summed E-state index contributed by atoms with van der Waals surface area (Å²) in [6, 6.07) is 7.67. The van der Waals surface area contributed by atoms with Crippen molar-refractivity contribution in [2.24, 2.45) is 0 Å². The first-order valence-corrected chi connectivity index (χ1v) is 9.25. The van der Waals surface area contributed by atoms with Crippen molar-refractivity contribution in [2.75, 3.05) is 40.4 Å². The van der Waals surface area contributed by atoms with Gasteiger partial charge in [-0.2, -0.15) is 0 Å². The van der Waals surface area contributed by atoms with Gasteiger partial charge in [-0.05, 0) is 57.1 Å². The molecule has 1 aromatic heterocycles. The van der Waals surface area contributed by atoms with E-state index in [4.69, 9.17) is 9.47 Å². The van der Waals surface area contributed by atoms with E-state index in [0.29, 0.717) is 24.9 Å². The highest BCUT2D eigenvalue weighted by atomic mass is 35.5. The van der Waals surface area contributed by atoms with Gasteiger partial charge in [0.05, 0.1) is 25.4 Å². The molecule has 1 N–H and O–H groups in total. The number of halogens is 1.